The van der Waals surface area contributed by atoms with Gasteiger partial charge in [0.15, 0.2) is 0 Å². The molecular formula is C16H20N2O3S. The average Bonchev–Trinajstić information content (AvgIpc) is 2.46. The maximum Gasteiger partial charge on any atom is 0.261 e. The van der Waals surface area contributed by atoms with Crippen molar-refractivity contribution >= 4 is 15.7 Å². The number of anilines is 1. The van der Waals surface area contributed by atoms with Gasteiger partial charge in [-0.1, -0.05) is 18.2 Å². The van der Waals surface area contributed by atoms with E-state index in [0.717, 1.165) is 0 Å². The van der Waals surface area contributed by atoms with Crippen molar-refractivity contribution in [2.45, 2.75) is 24.3 Å². The van der Waals surface area contributed by atoms with Crippen molar-refractivity contribution in [3.63, 3.8) is 0 Å². The fourth-order valence-corrected chi connectivity index (χ4v) is 2.78. The van der Waals surface area contributed by atoms with E-state index < -0.39 is 15.6 Å². The van der Waals surface area contributed by atoms with Crippen molar-refractivity contribution in [2.24, 2.45) is 5.73 Å². The van der Waals surface area contributed by atoms with Gasteiger partial charge < -0.3 is 10.5 Å². The molecule has 2 rings (SSSR count). The fourth-order valence-electron chi connectivity index (χ4n) is 1.70. The maximum absolute atomic E-state index is 12.2. The number of nitrogens with one attached hydrogen (secondary N) is 1. The normalized spacial score (nSPS) is 12.0. The van der Waals surface area contributed by atoms with Gasteiger partial charge in [0.1, 0.15) is 12.4 Å². The zero-order chi connectivity index (χ0) is 16.2. The highest BCUT2D eigenvalue weighted by molar-refractivity contribution is 7.92. The Morgan fingerprint density at radius 1 is 1.05 bits per heavy atom. The average molecular weight is 320 g/mol. The summed E-state index contributed by atoms with van der Waals surface area (Å²) in [4.78, 5) is 0.222. The van der Waals surface area contributed by atoms with Crippen molar-refractivity contribution < 1.29 is 13.2 Å². The van der Waals surface area contributed by atoms with Crippen LogP contribution in [0.25, 0.3) is 0 Å². The van der Waals surface area contributed by atoms with Gasteiger partial charge in [0.2, 0.25) is 0 Å². The summed E-state index contributed by atoms with van der Waals surface area (Å²) < 4.78 is 32.4. The number of nitrogens with two attached hydrogens (primary N) is 1. The van der Waals surface area contributed by atoms with Crippen LogP contribution >= 0.6 is 0 Å². The molecule has 0 saturated carbocycles. The van der Waals surface area contributed by atoms with Gasteiger partial charge in [0, 0.05) is 11.2 Å². The summed E-state index contributed by atoms with van der Waals surface area (Å²) in [6.07, 6.45) is 0. The van der Waals surface area contributed by atoms with Gasteiger partial charge in [-0.05, 0) is 50.2 Å². The lowest BCUT2D eigenvalue weighted by molar-refractivity contribution is 0.243. The lowest BCUT2D eigenvalue weighted by atomic mass is 10.1. The summed E-state index contributed by atoms with van der Waals surface area (Å²) in [5.41, 5.74) is 5.90. The minimum atomic E-state index is -3.57. The molecule has 0 aliphatic rings. The predicted octanol–water partition coefficient (Wildman–Crippen LogP) is 2.60. The van der Waals surface area contributed by atoms with Crippen molar-refractivity contribution in [2.75, 3.05) is 11.3 Å². The molecule has 2 aromatic carbocycles. The number of hydrogen-bond acceptors (Lipinski definition) is 4. The molecule has 0 aliphatic carbocycles. The highest BCUT2D eigenvalue weighted by Crippen LogP contribution is 2.20. The van der Waals surface area contributed by atoms with Crippen molar-refractivity contribution in [3.05, 3.63) is 54.6 Å². The van der Waals surface area contributed by atoms with Crippen LogP contribution in [0.1, 0.15) is 13.8 Å². The fraction of sp³-hybridized carbons (Fsp3) is 0.250. The molecule has 118 valence electrons. The number of rotatable bonds is 6. The summed E-state index contributed by atoms with van der Waals surface area (Å²) in [5, 5.41) is 0. The molecule has 0 saturated heterocycles. The van der Waals surface area contributed by atoms with E-state index in [4.69, 9.17) is 10.5 Å². The minimum absolute atomic E-state index is 0.222. The Morgan fingerprint density at radius 2 is 1.64 bits per heavy atom. The first-order valence-electron chi connectivity index (χ1n) is 6.86. The second kappa shape index (κ2) is 6.37. The number of sulfonamides is 1. The van der Waals surface area contributed by atoms with Crippen LogP contribution in [0.2, 0.25) is 0 Å². The molecule has 0 unspecified atom stereocenters. The van der Waals surface area contributed by atoms with Crippen LogP contribution in [-0.4, -0.2) is 20.6 Å². The summed E-state index contributed by atoms with van der Waals surface area (Å²) in [6, 6.07) is 14.9. The smallest absolute Gasteiger partial charge is 0.261 e. The summed E-state index contributed by atoms with van der Waals surface area (Å²) >= 11 is 0. The van der Waals surface area contributed by atoms with E-state index in [1.54, 1.807) is 54.6 Å². The van der Waals surface area contributed by atoms with Crippen LogP contribution in [0, 0.1) is 0 Å². The molecular weight excluding hydrogens is 300 g/mol. The Hall–Kier alpha value is -2.05. The molecule has 0 bridgehead atoms. The number of benzene rings is 2. The maximum atomic E-state index is 12.2. The number of hydrogen-bond donors (Lipinski definition) is 2. The molecule has 0 radical (unpaired) electrons. The highest BCUT2D eigenvalue weighted by atomic mass is 32.2. The second-order valence-corrected chi connectivity index (χ2v) is 7.40. The van der Waals surface area contributed by atoms with E-state index in [-0.39, 0.29) is 4.90 Å². The molecule has 2 aromatic rings. The van der Waals surface area contributed by atoms with Gasteiger partial charge >= 0.3 is 0 Å². The molecule has 22 heavy (non-hydrogen) atoms. The monoisotopic (exact) mass is 320 g/mol. The van der Waals surface area contributed by atoms with E-state index in [1.807, 2.05) is 13.8 Å². The van der Waals surface area contributed by atoms with E-state index in [2.05, 4.69) is 4.72 Å². The van der Waals surface area contributed by atoms with Crippen LogP contribution in [-0.2, 0) is 10.0 Å². The van der Waals surface area contributed by atoms with Crippen LogP contribution < -0.4 is 15.2 Å². The molecule has 3 N–H and O–H groups in total. The van der Waals surface area contributed by atoms with Crippen molar-refractivity contribution in [1.29, 1.82) is 0 Å². The molecule has 0 amide bonds. The van der Waals surface area contributed by atoms with Gasteiger partial charge in [-0.25, -0.2) is 8.42 Å². The Labute approximate surface area is 131 Å². The topological polar surface area (TPSA) is 81.4 Å². The van der Waals surface area contributed by atoms with E-state index in [0.29, 0.717) is 18.0 Å². The van der Waals surface area contributed by atoms with Crippen LogP contribution in [0.15, 0.2) is 59.5 Å². The van der Waals surface area contributed by atoms with Crippen LogP contribution in [0.3, 0.4) is 0 Å². The molecule has 5 nitrogen and oxygen atoms in total. The largest absolute Gasteiger partial charge is 0.492 e. The van der Waals surface area contributed by atoms with Gasteiger partial charge in [0.05, 0.1) is 4.90 Å². The number of ether oxygens (including phenoxy) is 1. The van der Waals surface area contributed by atoms with Crippen molar-refractivity contribution in [1.82, 2.24) is 0 Å². The Balaban J connectivity index is 2.05. The van der Waals surface area contributed by atoms with Crippen LogP contribution in [0.5, 0.6) is 5.75 Å². The van der Waals surface area contributed by atoms with Crippen LogP contribution in [0.4, 0.5) is 5.69 Å². The zero-order valence-electron chi connectivity index (χ0n) is 12.6. The lowest BCUT2D eigenvalue weighted by Crippen LogP contribution is -2.38. The van der Waals surface area contributed by atoms with E-state index in [1.165, 1.54) is 0 Å². The zero-order valence-corrected chi connectivity index (χ0v) is 13.4. The van der Waals surface area contributed by atoms with Gasteiger partial charge in [-0.3, -0.25) is 4.72 Å². The third kappa shape index (κ3) is 4.75. The third-order valence-corrected chi connectivity index (χ3v) is 4.17. The molecule has 0 aromatic heterocycles. The second-order valence-electron chi connectivity index (χ2n) is 5.72. The van der Waals surface area contributed by atoms with E-state index in [9.17, 15) is 8.42 Å². The molecule has 0 heterocycles. The first-order chi connectivity index (χ1) is 10.3. The van der Waals surface area contributed by atoms with Crippen molar-refractivity contribution in [3.8, 4) is 5.75 Å². The first kappa shape index (κ1) is 16.3. The summed E-state index contributed by atoms with van der Waals surface area (Å²) in [7, 11) is -3.57. The Kier molecular flexibility index (Phi) is 4.73. The molecule has 0 aliphatic heterocycles. The lowest BCUT2D eigenvalue weighted by Gasteiger charge is -2.19. The standard InChI is InChI=1S/C16H20N2O3S/c1-16(2,17)12-21-14-10-8-13(9-11-14)18-22(19,20)15-6-4-3-5-7-15/h3-11,18H,12,17H2,1-2H3. The van der Waals surface area contributed by atoms with Gasteiger partial charge in [-0.2, -0.15) is 0 Å². The Bertz CT molecular complexity index is 705. The summed E-state index contributed by atoms with van der Waals surface area (Å²) in [5.74, 6) is 0.640. The first-order valence-corrected chi connectivity index (χ1v) is 8.34. The highest BCUT2D eigenvalue weighted by Gasteiger charge is 2.14. The third-order valence-electron chi connectivity index (χ3n) is 2.77. The predicted molar refractivity (Wildman–Crippen MR) is 87.5 cm³/mol. The molecule has 0 spiro atoms. The molecule has 6 heteroatoms. The molecule has 0 atom stereocenters. The SMILES string of the molecule is CC(C)(N)COc1ccc(NS(=O)(=O)c2ccccc2)cc1. The Morgan fingerprint density at radius 3 is 2.18 bits per heavy atom. The van der Waals surface area contributed by atoms with Gasteiger partial charge in [-0.15, -0.1) is 0 Å². The quantitative estimate of drug-likeness (QED) is 0.857. The van der Waals surface area contributed by atoms with Gasteiger partial charge in [0.25, 0.3) is 10.0 Å². The minimum Gasteiger partial charge on any atom is -0.492 e. The van der Waals surface area contributed by atoms with E-state index >= 15 is 0 Å². The molecule has 0 fully saturated rings. The summed E-state index contributed by atoms with van der Waals surface area (Å²) in [6.45, 7) is 4.12.